The molecule has 2 aromatic heterocycles. The minimum absolute atomic E-state index is 0.456. The van der Waals surface area contributed by atoms with Crippen LogP contribution in [0.4, 0.5) is 5.95 Å². The standard InChI is InChI=1S/C20H29N7S/c1-25-9-2-5-16(18(25)17-6-3-14-28-17)15-24-19(21)26-10-12-27(13-11-26)20-22-7-4-8-23-20/h3-4,6-8,14,16,18H,2,5,9-13,15H2,1H3,(H2,21,24). The van der Waals surface area contributed by atoms with Gasteiger partial charge in [0, 0.05) is 56.0 Å². The van der Waals surface area contributed by atoms with E-state index in [1.807, 2.05) is 17.4 Å². The summed E-state index contributed by atoms with van der Waals surface area (Å²) >= 11 is 1.85. The van der Waals surface area contributed by atoms with Gasteiger partial charge in [0.1, 0.15) is 0 Å². The molecule has 2 fully saturated rings. The summed E-state index contributed by atoms with van der Waals surface area (Å²) in [7, 11) is 2.23. The number of hydrogen-bond acceptors (Lipinski definition) is 6. The molecular weight excluding hydrogens is 370 g/mol. The molecule has 2 saturated heterocycles. The third-order valence-electron chi connectivity index (χ3n) is 5.77. The van der Waals surface area contributed by atoms with Crippen LogP contribution < -0.4 is 10.6 Å². The SMILES string of the molecule is CN1CCCC(CN=C(N)N2CCN(c3ncccn3)CC2)C1c1cccs1. The fourth-order valence-electron chi connectivity index (χ4n) is 4.26. The van der Waals surface area contributed by atoms with E-state index in [4.69, 9.17) is 10.7 Å². The van der Waals surface area contributed by atoms with Crippen LogP contribution in [-0.2, 0) is 0 Å². The lowest BCUT2D eigenvalue weighted by Gasteiger charge is -2.38. The average Bonchev–Trinajstić information content (AvgIpc) is 3.27. The summed E-state index contributed by atoms with van der Waals surface area (Å²) in [6, 6.07) is 6.70. The van der Waals surface area contributed by atoms with E-state index < -0.39 is 0 Å². The Bertz CT molecular complexity index is 756. The molecule has 0 amide bonds. The summed E-state index contributed by atoms with van der Waals surface area (Å²) in [4.78, 5) is 21.8. The second-order valence-electron chi connectivity index (χ2n) is 7.56. The molecule has 2 atom stereocenters. The summed E-state index contributed by atoms with van der Waals surface area (Å²) in [5.74, 6) is 1.99. The van der Waals surface area contributed by atoms with Crippen LogP contribution in [0.25, 0.3) is 0 Å². The Labute approximate surface area is 170 Å². The quantitative estimate of drug-likeness (QED) is 0.627. The lowest BCUT2D eigenvalue weighted by molar-refractivity contribution is 0.128. The number of guanidine groups is 1. The highest BCUT2D eigenvalue weighted by Gasteiger charge is 2.31. The number of aliphatic imine (C=N–C) groups is 1. The first-order valence-electron chi connectivity index (χ1n) is 10.0. The van der Waals surface area contributed by atoms with Crippen LogP contribution in [0.2, 0.25) is 0 Å². The molecule has 0 spiro atoms. The van der Waals surface area contributed by atoms with Crippen molar-refractivity contribution in [1.82, 2.24) is 19.8 Å². The predicted molar refractivity (Wildman–Crippen MR) is 115 cm³/mol. The smallest absolute Gasteiger partial charge is 0.225 e. The molecule has 2 aliphatic heterocycles. The molecule has 150 valence electrons. The molecule has 7 nitrogen and oxygen atoms in total. The maximum Gasteiger partial charge on any atom is 0.225 e. The molecule has 2 aliphatic rings. The van der Waals surface area contributed by atoms with Gasteiger partial charge in [0.05, 0.1) is 0 Å². The lowest BCUT2D eigenvalue weighted by atomic mass is 9.88. The summed E-state index contributed by atoms with van der Waals surface area (Å²) in [5.41, 5.74) is 6.36. The van der Waals surface area contributed by atoms with Crippen LogP contribution in [0.5, 0.6) is 0 Å². The molecule has 2 N–H and O–H groups in total. The number of nitrogens with two attached hydrogens (primary N) is 1. The Morgan fingerprint density at radius 2 is 1.96 bits per heavy atom. The van der Waals surface area contributed by atoms with Crippen LogP contribution >= 0.6 is 11.3 Å². The van der Waals surface area contributed by atoms with Crippen LogP contribution in [0.15, 0.2) is 41.0 Å². The van der Waals surface area contributed by atoms with Gasteiger partial charge in [-0.05, 0) is 49.9 Å². The van der Waals surface area contributed by atoms with Crippen LogP contribution in [0.3, 0.4) is 0 Å². The van der Waals surface area contributed by atoms with E-state index >= 15 is 0 Å². The van der Waals surface area contributed by atoms with Gasteiger partial charge in [0.25, 0.3) is 0 Å². The molecule has 0 aliphatic carbocycles. The Balaban J connectivity index is 1.35. The number of anilines is 1. The number of piperazine rings is 1. The summed E-state index contributed by atoms with van der Waals surface area (Å²) in [6.07, 6.45) is 6.02. The van der Waals surface area contributed by atoms with Gasteiger partial charge in [-0.15, -0.1) is 11.3 Å². The fraction of sp³-hybridized carbons (Fsp3) is 0.550. The molecule has 2 unspecified atom stereocenters. The van der Waals surface area contributed by atoms with Gasteiger partial charge in [-0.2, -0.15) is 0 Å². The largest absolute Gasteiger partial charge is 0.370 e. The van der Waals surface area contributed by atoms with E-state index in [0.717, 1.165) is 45.2 Å². The molecule has 8 heteroatoms. The lowest BCUT2D eigenvalue weighted by Crippen LogP contribution is -2.51. The first-order chi connectivity index (χ1) is 13.7. The Kier molecular flexibility index (Phi) is 6.07. The highest BCUT2D eigenvalue weighted by molar-refractivity contribution is 7.10. The van der Waals surface area contributed by atoms with Crippen molar-refractivity contribution in [1.29, 1.82) is 0 Å². The van der Waals surface area contributed by atoms with Crippen molar-refractivity contribution >= 4 is 23.2 Å². The molecule has 4 rings (SSSR count). The fourth-order valence-corrected chi connectivity index (χ4v) is 5.24. The topological polar surface area (TPSA) is 73.9 Å². The normalized spacial score (nSPS) is 24.5. The van der Waals surface area contributed by atoms with Crippen molar-refractivity contribution in [3.63, 3.8) is 0 Å². The van der Waals surface area contributed by atoms with Gasteiger partial charge >= 0.3 is 0 Å². The zero-order valence-electron chi connectivity index (χ0n) is 16.4. The average molecular weight is 400 g/mol. The zero-order valence-corrected chi connectivity index (χ0v) is 17.3. The maximum atomic E-state index is 6.36. The molecule has 2 aromatic rings. The molecule has 4 heterocycles. The number of aromatic nitrogens is 2. The van der Waals surface area contributed by atoms with Crippen molar-refractivity contribution in [2.75, 3.05) is 51.2 Å². The molecular formula is C20H29N7S. The zero-order chi connectivity index (χ0) is 19.3. The van der Waals surface area contributed by atoms with Crippen LogP contribution in [-0.4, -0.2) is 72.0 Å². The third kappa shape index (κ3) is 4.28. The second-order valence-corrected chi connectivity index (χ2v) is 8.54. The number of nitrogens with zero attached hydrogens (tertiary/aromatic N) is 6. The van der Waals surface area contributed by atoms with E-state index in [0.29, 0.717) is 17.9 Å². The van der Waals surface area contributed by atoms with Gasteiger partial charge in [-0.25, -0.2) is 9.97 Å². The minimum atomic E-state index is 0.456. The summed E-state index contributed by atoms with van der Waals surface area (Å²) in [6.45, 7) is 5.38. The third-order valence-corrected chi connectivity index (χ3v) is 6.71. The van der Waals surface area contributed by atoms with Crippen molar-refractivity contribution in [3.8, 4) is 0 Å². The van der Waals surface area contributed by atoms with E-state index in [1.165, 1.54) is 17.7 Å². The van der Waals surface area contributed by atoms with E-state index in [2.05, 4.69) is 49.2 Å². The number of hydrogen-bond donors (Lipinski definition) is 1. The highest BCUT2D eigenvalue weighted by atomic mass is 32.1. The number of rotatable bonds is 4. The predicted octanol–water partition coefficient (Wildman–Crippen LogP) is 2.06. The van der Waals surface area contributed by atoms with Crippen molar-refractivity contribution in [2.24, 2.45) is 16.6 Å². The Morgan fingerprint density at radius 1 is 1.18 bits per heavy atom. The van der Waals surface area contributed by atoms with Crippen molar-refractivity contribution < 1.29 is 0 Å². The van der Waals surface area contributed by atoms with Crippen LogP contribution in [0, 0.1) is 5.92 Å². The first-order valence-corrected chi connectivity index (χ1v) is 10.9. The van der Waals surface area contributed by atoms with Crippen molar-refractivity contribution in [2.45, 2.75) is 18.9 Å². The summed E-state index contributed by atoms with van der Waals surface area (Å²) in [5, 5.41) is 2.17. The molecule has 0 bridgehead atoms. The molecule has 0 radical (unpaired) electrons. The molecule has 0 aromatic carbocycles. The van der Waals surface area contributed by atoms with Crippen LogP contribution in [0.1, 0.15) is 23.8 Å². The Hall–Kier alpha value is -2.19. The summed E-state index contributed by atoms with van der Waals surface area (Å²) < 4.78 is 0. The van der Waals surface area contributed by atoms with Gasteiger partial charge in [-0.1, -0.05) is 6.07 Å². The van der Waals surface area contributed by atoms with Gasteiger partial charge in [0.2, 0.25) is 5.95 Å². The highest BCUT2D eigenvalue weighted by Crippen LogP contribution is 2.37. The second kappa shape index (κ2) is 8.87. The minimum Gasteiger partial charge on any atom is -0.370 e. The van der Waals surface area contributed by atoms with E-state index in [9.17, 15) is 0 Å². The monoisotopic (exact) mass is 399 g/mol. The maximum absolute atomic E-state index is 6.36. The van der Waals surface area contributed by atoms with Gasteiger partial charge in [-0.3, -0.25) is 9.89 Å². The van der Waals surface area contributed by atoms with E-state index in [1.54, 1.807) is 12.4 Å². The Morgan fingerprint density at radius 3 is 2.68 bits per heavy atom. The number of likely N-dealkylation sites (tertiary alicyclic amines) is 1. The van der Waals surface area contributed by atoms with Gasteiger partial charge < -0.3 is 15.5 Å². The molecule has 28 heavy (non-hydrogen) atoms. The van der Waals surface area contributed by atoms with E-state index in [-0.39, 0.29) is 0 Å². The molecule has 0 saturated carbocycles. The first kappa shape index (κ1) is 19.1. The van der Waals surface area contributed by atoms with Crippen molar-refractivity contribution in [3.05, 3.63) is 40.8 Å². The number of piperidine rings is 1. The number of thiophene rings is 1. The van der Waals surface area contributed by atoms with Gasteiger partial charge in [0.15, 0.2) is 5.96 Å².